The minimum atomic E-state index is -0.306. The van der Waals surface area contributed by atoms with Gasteiger partial charge < -0.3 is 10.1 Å². The van der Waals surface area contributed by atoms with Crippen LogP contribution in [0.15, 0.2) is 18.6 Å². The highest BCUT2D eigenvalue weighted by Gasteiger charge is 2.23. The first-order valence-electron chi connectivity index (χ1n) is 6.42. The van der Waals surface area contributed by atoms with Crippen LogP contribution in [0.4, 0.5) is 0 Å². The van der Waals surface area contributed by atoms with E-state index in [1.54, 1.807) is 10.6 Å². The van der Waals surface area contributed by atoms with E-state index in [2.05, 4.69) is 15.4 Å². The van der Waals surface area contributed by atoms with Gasteiger partial charge in [-0.2, -0.15) is 5.10 Å². The largest absolute Gasteiger partial charge is 0.465 e. The third kappa shape index (κ3) is 2.62. The normalized spacial score (nSPS) is 15.8. The first kappa shape index (κ1) is 14.7. The Labute approximate surface area is 122 Å². The summed E-state index contributed by atoms with van der Waals surface area (Å²) in [6.45, 7) is 1.95. The van der Waals surface area contributed by atoms with Gasteiger partial charge in [0, 0.05) is 6.20 Å². The zero-order chi connectivity index (χ0) is 13.2. The molecule has 0 amide bonds. The van der Waals surface area contributed by atoms with Crippen molar-refractivity contribution in [3.8, 4) is 0 Å². The zero-order valence-electron chi connectivity index (χ0n) is 11.2. The number of aromatic nitrogens is 3. The lowest BCUT2D eigenvalue weighted by Crippen LogP contribution is -2.27. The smallest absolute Gasteiger partial charge is 0.338 e. The highest BCUT2D eigenvalue weighted by Crippen LogP contribution is 2.28. The molecule has 0 atom stereocenters. The summed E-state index contributed by atoms with van der Waals surface area (Å²) in [7, 11) is 1.41. The number of nitrogens with one attached hydrogen (secondary N) is 1. The minimum absolute atomic E-state index is 0. The van der Waals surface area contributed by atoms with Gasteiger partial charge in [0.05, 0.1) is 12.7 Å². The Morgan fingerprint density at radius 1 is 1.45 bits per heavy atom. The molecule has 6 nitrogen and oxygen atoms in total. The van der Waals surface area contributed by atoms with Gasteiger partial charge in [-0.25, -0.2) is 14.3 Å². The molecule has 3 rings (SSSR count). The molecule has 1 aliphatic rings. The van der Waals surface area contributed by atoms with E-state index >= 15 is 0 Å². The average molecular weight is 297 g/mol. The van der Waals surface area contributed by atoms with Crippen LogP contribution in [0.2, 0.25) is 0 Å². The maximum Gasteiger partial charge on any atom is 0.338 e. The van der Waals surface area contributed by atoms with Crippen LogP contribution >= 0.6 is 12.4 Å². The number of halogens is 1. The molecule has 0 spiro atoms. The van der Waals surface area contributed by atoms with Crippen molar-refractivity contribution in [2.75, 3.05) is 20.2 Å². The Bertz CT molecular complexity index is 607. The molecule has 108 valence electrons. The molecule has 0 bridgehead atoms. The fourth-order valence-corrected chi connectivity index (χ4v) is 2.62. The second-order valence-corrected chi connectivity index (χ2v) is 4.72. The van der Waals surface area contributed by atoms with E-state index in [4.69, 9.17) is 4.74 Å². The Kier molecular flexibility index (Phi) is 4.57. The van der Waals surface area contributed by atoms with E-state index < -0.39 is 0 Å². The van der Waals surface area contributed by atoms with E-state index in [1.807, 2.05) is 6.20 Å². The van der Waals surface area contributed by atoms with Crippen LogP contribution in [-0.4, -0.2) is 40.8 Å². The lowest BCUT2D eigenvalue weighted by atomic mass is 9.88. The fourth-order valence-electron chi connectivity index (χ4n) is 2.62. The molecule has 20 heavy (non-hydrogen) atoms. The van der Waals surface area contributed by atoms with E-state index in [9.17, 15) is 4.79 Å². The molecule has 1 fully saturated rings. The molecule has 1 saturated heterocycles. The molecule has 2 aromatic rings. The lowest BCUT2D eigenvalue weighted by molar-refractivity contribution is 0.0598. The van der Waals surface area contributed by atoms with Gasteiger partial charge in [0.25, 0.3) is 0 Å². The number of carbonyl (C=O) groups is 1. The Hall–Kier alpha value is -1.66. The van der Waals surface area contributed by atoms with Gasteiger partial charge in [-0.3, -0.25) is 0 Å². The van der Waals surface area contributed by atoms with Crippen molar-refractivity contribution in [1.29, 1.82) is 0 Å². The van der Waals surface area contributed by atoms with Crippen molar-refractivity contribution >= 4 is 24.0 Å². The highest BCUT2D eigenvalue weighted by atomic mass is 35.5. The molecule has 0 aliphatic carbocycles. The van der Waals surface area contributed by atoms with Crippen molar-refractivity contribution in [3.05, 3.63) is 29.7 Å². The zero-order valence-corrected chi connectivity index (χ0v) is 12.0. The fraction of sp³-hybridized carbons (Fsp3) is 0.462. The van der Waals surface area contributed by atoms with Crippen LogP contribution in [0.1, 0.15) is 34.7 Å². The van der Waals surface area contributed by atoms with Crippen LogP contribution in [0.25, 0.3) is 5.65 Å². The summed E-state index contributed by atoms with van der Waals surface area (Å²) in [6.07, 6.45) is 5.43. The van der Waals surface area contributed by atoms with Gasteiger partial charge >= 0.3 is 5.97 Å². The summed E-state index contributed by atoms with van der Waals surface area (Å²) >= 11 is 0. The van der Waals surface area contributed by atoms with E-state index in [1.165, 1.54) is 13.4 Å². The number of hydrogen-bond acceptors (Lipinski definition) is 5. The van der Waals surface area contributed by atoms with Crippen LogP contribution in [0.5, 0.6) is 0 Å². The molecule has 2 aromatic heterocycles. The second-order valence-electron chi connectivity index (χ2n) is 4.72. The number of nitrogens with zero attached hydrogens (tertiary/aromatic N) is 3. The monoisotopic (exact) mass is 296 g/mol. The summed E-state index contributed by atoms with van der Waals surface area (Å²) in [5.74, 6) is 0.0583. The van der Waals surface area contributed by atoms with Crippen molar-refractivity contribution in [3.63, 3.8) is 0 Å². The molecule has 0 unspecified atom stereocenters. The Balaban J connectivity index is 0.00000147. The van der Waals surface area contributed by atoms with Crippen LogP contribution < -0.4 is 5.32 Å². The SMILES string of the molecule is COC(=O)c1cc2ncnn2cc1C1CCNCC1.Cl. The number of hydrogen-bond donors (Lipinski definition) is 1. The van der Waals surface area contributed by atoms with Crippen LogP contribution in [-0.2, 0) is 4.74 Å². The summed E-state index contributed by atoms with van der Waals surface area (Å²) in [5.41, 5.74) is 2.28. The number of ether oxygens (including phenoxy) is 1. The third-order valence-corrected chi connectivity index (χ3v) is 3.63. The van der Waals surface area contributed by atoms with Crippen LogP contribution in [0, 0.1) is 0 Å². The Morgan fingerprint density at radius 2 is 2.20 bits per heavy atom. The molecule has 7 heteroatoms. The molecule has 1 N–H and O–H groups in total. The number of rotatable bonds is 2. The van der Waals surface area contributed by atoms with Crippen LogP contribution in [0.3, 0.4) is 0 Å². The number of piperidine rings is 1. The summed E-state index contributed by atoms with van der Waals surface area (Å²) in [4.78, 5) is 16.1. The van der Waals surface area contributed by atoms with Crippen molar-refractivity contribution in [2.45, 2.75) is 18.8 Å². The third-order valence-electron chi connectivity index (χ3n) is 3.63. The average Bonchev–Trinajstić information content (AvgIpc) is 2.93. The van der Waals surface area contributed by atoms with Gasteiger partial charge in [-0.1, -0.05) is 0 Å². The predicted molar refractivity (Wildman–Crippen MR) is 76.4 cm³/mol. The van der Waals surface area contributed by atoms with Gasteiger partial charge in [-0.05, 0) is 43.5 Å². The second kappa shape index (κ2) is 6.19. The topological polar surface area (TPSA) is 68.5 Å². The molecule has 3 heterocycles. The Morgan fingerprint density at radius 3 is 2.90 bits per heavy atom. The van der Waals surface area contributed by atoms with E-state index in [0.29, 0.717) is 17.1 Å². The molecular weight excluding hydrogens is 280 g/mol. The minimum Gasteiger partial charge on any atom is -0.465 e. The highest BCUT2D eigenvalue weighted by molar-refractivity contribution is 5.92. The lowest BCUT2D eigenvalue weighted by Gasteiger charge is -2.24. The first-order valence-corrected chi connectivity index (χ1v) is 6.42. The molecule has 1 aliphatic heterocycles. The van der Waals surface area contributed by atoms with Crippen molar-refractivity contribution < 1.29 is 9.53 Å². The molecule has 0 saturated carbocycles. The summed E-state index contributed by atoms with van der Waals surface area (Å²) in [6, 6.07) is 1.76. The summed E-state index contributed by atoms with van der Waals surface area (Å²) in [5, 5.41) is 7.47. The molecule has 0 radical (unpaired) electrons. The summed E-state index contributed by atoms with van der Waals surface area (Å²) < 4.78 is 6.59. The van der Waals surface area contributed by atoms with E-state index in [0.717, 1.165) is 31.5 Å². The predicted octanol–water partition coefficient (Wildman–Crippen LogP) is 1.40. The number of esters is 1. The van der Waals surface area contributed by atoms with Gasteiger partial charge in [-0.15, -0.1) is 12.4 Å². The maximum atomic E-state index is 11.9. The number of carbonyl (C=O) groups excluding carboxylic acids is 1. The number of fused-ring (bicyclic) bond motifs is 1. The van der Waals surface area contributed by atoms with Gasteiger partial charge in [0.15, 0.2) is 5.65 Å². The van der Waals surface area contributed by atoms with Crippen molar-refractivity contribution in [2.24, 2.45) is 0 Å². The van der Waals surface area contributed by atoms with Crippen molar-refractivity contribution in [1.82, 2.24) is 19.9 Å². The first-order chi connectivity index (χ1) is 9.29. The standard InChI is InChI=1S/C13H16N4O2.ClH/c1-19-13(18)10-6-12-15-8-16-17(12)7-11(10)9-2-4-14-5-3-9;/h6-9,14H,2-5H2,1H3;1H. The van der Waals surface area contributed by atoms with Gasteiger partial charge in [0.2, 0.25) is 0 Å². The molecule has 0 aromatic carbocycles. The maximum absolute atomic E-state index is 11.9. The number of methoxy groups -OCH3 is 1. The quantitative estimate of drug-likeness (QED) is 0.849. The van der Waals surface area contributed by atoms with E-state index in [-0.39, 0.29) is 18.4 Å². The van der Waals surface area contributed by atoms with Gasteiger partial charge in [0.1, 0.15) is 6.33 Å². The number of pyridine rings is 1. The molecular formula is C13H17ClN4O2.